The minimum Gasteiger partial charge on any atom is -0.449 e. The molecule has 4 nitrogen and oxygen atoms in total. The maximum Gasteiger partial charge on any atom is 0.448 e. The van der Waals surface area contributed by atoms with E-state index in [-0.39, 0.29) is 13.3 Å². The van der Waals surface area contributed by atoms with Crippen LogP contribution in [0.1, 0.15) is 4.88 Å². The Kier molecular flexibility index (Phi) is 2.81. The van der Waals surface area contributed by atoms with Crippen molar-refractivity contribution >= 4 is 29.4 Å². The van der Waals surface area contributed by atoms with E-state index in [2.05, 4.69) is 15.3 Å². The van der Waals surface area contributed by atoms with Crippen molar-refractivity contribution in [2.24, 2.45) is 5.16 Å². The third-order valence-corrected chi connectivity index (χ3v) is 2.94. The van der Waals surface area contributed by atoms with Gasteiger partial charge in [0.05, 0.1) is 4.88 Å². The Morgan fingerprint density at radius 3 is 2.75 bits per heavy atom. The van der Waals surface area contributed by atoms with Gasteiger partial charge in [-0.15, -0.1) is 11.3 Å². The molecule has 16 heavy (non-hydrogen) atoms. The van der Waals surface area contributed by atoms with Gasteiger partial charge in [0.2, 0.25) is 0 Å². The number of rotatable bonds is 2. The first kappa shape index (κ1) is 11.3. The summed E-state index contributed by atoms with van der Waals surface area (Å²) >= 11 is 1.15. The highest BCUT2D eigenvalue weighted by molar-refractivity contribution is 7.22. The van der Waals surface area contributed by atoms with Crippen LogP contribution in [0, 0.1) is 0 Å². The van der Waals surface area contributed by atoms with Crippen molar-refractivity contribution in [2.45, 2.75) is 12.4 Å². The van der Waals surface area contributed by atoms with E-state index in [9.17, 15) is 13.2 Å². The first-order valence-electron chi connectivity index (χ1n) is 4.27. The van der Waals surface area contributed by atoms with Crippen molar-refractivity contribution in [3.63, 3.8) is 0 Å². The molecule has 2 N–H and O–H groups in total. The van der Waals surface area contributed by atoms with Crippen molar-refractivity contribution in [1.82, 2.24) is 5.32 Å². The SMILES string of the molecule is OBc1ccc(C2=NOC(C(F)(F)F)N2)s1. The van der Waals surface area contributed by atoms with E-state index in [0.717, 1.165) is 11.3 Å². The second-order valence-electron chi connectivity index (χ2n) is 3.04. The first-order valence-corrected chi connectivity index (χ1v) is 5.09. The Morgan fingerprint density at radius 2 is 2.25 bits per heavy atom. The van der Waals surface area contributed by atoms with Crippen molar-refractivity contribution in [1.29, 1.82) is 0 Å². The number of hydrogen-bond donors (Lipinski definition) is 2. The van der Waals surface area contributed by atoms with E-state index >= 15 is 0 Å². The van der Waals surface area contributed by atoms with Crippen molar-refractivity contribution in [3.8, 4) is 0 Å². The van der Waals surface area contributed by atoms with E-state index in [0.29, 0.717) is 9.65 Å². The zero-order valence-electron chi connectivity index (χ0n) is 7.78. The molecule has 2 rings (SSSR count). The maximum atomic E-state index is 12.2. The molecule has 2 heterocycles. The summed E-state index contributed by atoms with van der Waals surface area (Å²) in [6.45, 7) is 0. The molecule has 1 aliphatic heterocycles. The third-order valence-electron chi connectivity index (χ3n) is 1.87. The molecule has 1 aromatic rings. The lowest BCUT2D eigenvalue weighted by Crippen LogP contribution is -2.41. The van der Waals surface area contributed by atoms with Crippen molar-refractivity contribution in [2.75, 3.05) is 0 Å². The van der Waals surface area contributed by atoms with Gasteiger partial charge in [-0.3, -0.25) is 0 Å². The molecule has 0 radical (unpaired) electrons. The topological polar surface area (TPSA) is 53.9 Å². The van der Waals surface area contributed by atoms with Crippen LogP contribution in [0.5, 0.6) is 0 Å². The average Bonchev–Trinajstić information content (AvgIpc) is 2.85. The Balaban J connectivity index is 2.08. The van der Waals surface area contributed by atoms with Gasteiger partial charge >= 0.3 is 13.7 Å². The highest BCUT2D eigenvalue weighted by Crippen LogP contribution is 2.25. The van der Waals surface area contributed by atoms with Crippen LogP contribution in [0.3, 0.4) is 0 Å². The molecule has 0 bridgehead atoms. The number of halogens is 3. The molecule has 0 aromatic carbocycles. The molecule has 0 amide bonds. The predicted molar refractivity (Wildman–Crippen MR) is 53.9 cm³/mol. The molecule has 86 valence electrons. The van der Waals surface area contributed by atoms with Crippen LogP contribution in [0.4, 0.5) is 13.2 Å². The molecule has 0 saturated heterocycles. The number of alkyl halides is 3. The number of amidine groups is 1. The van der Waals surface area contributed by atoms with E-state index in [4.69, 9.17) is 5.02 Å². The molecule has 9 heteroatoms. The molecule has 0 saturated carbocycles. The van der Waals surface area contributed by atoms with Crippen LogP contribution in [-0.4, -0.2) is 30.7 Å². The fourth-order valence-electron chi connectivity index (χ4n) is 1.13. The largest absolute Gasteiger partial charge is 0.449 e. The van der Waals surface area contributed by atoms with Crippen LogP contribution in [0.2, 0.25) is 0 Å². The molecule has 0 aliphatic carbocycles. The molecule has 1 aliphatic rings. The van der Waals surface area contributed by atoms with Gasteiger partial charge < -0.3 is 15.2 Å². The van der Waals surface area contributed by atoms with Crippen LogP contribution in [0.25, 0.3) is 0 Å². The van der Waals surface area contributed by atoms with Gasteiger partial charge in [-0.05, 0) is 6.07 Å². The second-order valence-corrected chi connectivity index (χ2v) is 4.20. The van der Waals surface area contributed by atoms with Gasteiger partial charge in [-0.2, -0.15) is 13.2 Å². The Labute approximate surface area is 93.0 Å². The summed E-state index contributed by atoms with van der Waals surface area (Å²) in [4.78, 5) is 4.72. The number of nitrogens with one attached hydrogen (secondary N) is 1. The summed E-state index contributed by atoms with van der Waals surface area (Å²) in [7, 11) is -0.151. The van der Waals surface area contributed by atoms with Crippen molar-refractivity contribution < 1.29 is 23.0 Å². The summed E-state index contributed by atoms with van der Waals surface area (Å²) in [6.07, 6.45) is -6.59. The van der Waals surface area contributed by atoms with Crippen LogP contribution >= 0.6 is 11.3 Å². The van der Waals surface area contributed by atoms with E-state index < -0.39 is 12.4 Å². The van der Waals surface area contributed by atoms with Gasteiger partial charge in [0.15, 0.2) is 5.84 Å². The average molecular weight is 250 g/mol. The van der Waals surface area contributed by atoms with Gasteiger partial charge in [0.25, 0.3) is 6.23 Å². The minimum atomic E-state index is -4.50. The fraction of sp³-hybridized carbons (Fsp3) is 0.286. The van der Waals surface area contributed by atoms with Crippen LogP contribution in [0.15, 0.2) is 17.3 Å². The van der Waals surface area contributed by atoms with Gasteiger partial charge in [-0.25, -0.2) is 0 Å². The van der Waals surface area contributed by atoms with Crippen molar-refractivity contribution in [3.05, 3.63) is 17.0 Å². The molecule has 1 atom stereocenters. The highest BCUT2D eigenvalue weighted by Gasteiger charge is 2.46. The second kappa shape index (κ2) is 3.98. The minimum absolute atomic E-state index is 0.0343. The molecule has 0 spiro atoms. The lowest BCUT2D eigenvalue weighted by Gasteiger charge is -2.12. The third kappa shape index (κ3) is 2.14. The Morgan fingerprint density at radius 1 is 1.50 bits per heavy atom. The molecule has 1 aromatic heterocycles. The number of thiophene rings is 1. The molecule has 0 fully saturated rings. The van der Waals surface area contributed by atoms with E-state index in [1.807, 2.05) is 0 Å². The van der Waals surface area contributed by atoms with Gasteiger partial charge in [0.1, 0.15) is 0 Å². The van der Waals surface area contributed by atoms with E-state index in [1.54, 1.807) is 12.1 Å². The zero-order chi connectivity index (χ0) is 11.8. The summed E-state index contributed by atoms with van der Waals surface area (Å²) in [5, 5.41) is 14.2. The normalized spacial score (nSPS) is 20.0. The first-order chi connectivity index (χ1) is 7.50. The van der Waals surface area contributed by atoms with Crippen LogP contribution < -0.4 is 10.1 Å². The Bertz CT molecular complexity index is 420. The molecular weight excluding hydrogens is 244 g/mol. The monoisotopic (exact) mass is 250 g/mol. The zero-order valence-corrected chi connectivity index (χ0v) is 8.60. The predicted octanol–water partition coefficient (Wildman–Crippen LogP) is -0.113. The highest BCUT2D eigenvalue weighted by atomic mass is 32.1. The van der Waals surface area contributed by atoms with Gasteiger partial charge in [-0.1, -0.05) is 11.2 Å². The molecule has 1 unspecified atom stereocenters. The summed E-state index contributed by atoms with van der Waals surface area (Å²) in [6, 6.07) is 3.19. The van der Waals surface area contributed by atoms with Gasteiger partial charge in [0, 0.05) is 4.78 Å². The van der Waals surface area contributed by atoms with Crippen LogP contribution in [-0.2, 0) is 4.84 Å². The maximum absolute atomic E-state index is 12.2. The summed E-state index contributed by atoms with van der Waals surface area (Å²) < 4.78 is 37.3. The Hall–Kier alpha value is -1.22. The smallest absolute Gasteiger partial charge is 0.448 e. The number of oxime groups is 1. The standard InChI is InChI=1S/C7H6BF3N2O2S/c9-7(10,11)6-12-5(13-15-6)3-1-2-4(8-14)16-3/h1-2,6,8,14H,(H,12,13). The molecular formula is C7H6BF3N2O2S. The number of hydrogen-bond acceptors (Lipinski definition) is 5. The van der Waals surface area contributed by atoms with E-state index in [1.165, 1.54) is 0 Å². The summed E-state index contributed by atoms with van der Waals surface area (Å²) in [5.41, 5.74) is 0. The quantitative estimate of drug-likeness (QED) is 0.720. The lowest BCUT2D eigenvalue weighted by atomic mass is 10.0. The fourth-order valence-corrected chi connectivity index (χ4v) is 1.94. The lowest BCUT2D eigenvalue weighted by molar-refractivity contribution is -0.218. The summed E-state index contributed by atoms with van der Waals surface area (Å²) in [5.74, 6) is 0.0343. The number of nitrogens with zero attached hydrogens (tertiary/aromatic N) is 1.